The minimum absolute atomic E-state index is 0.0328. The van der Waals surface area contributed by atoms with E-state index in [4.69, 9.17) is 0 Å². The highest BCUT2D eigenvalue weighted by Gasteiger charge is 2.34. The molecule has 5 nitrogen and oxygen atoms in total. The summed E-state index contributed by atoms with van der Waals surface area (Å²) in [4.78, 5) is 26.5. The lowest BCUT2D eigenvalue weighted by molar-refractivity contribution is -0.129. The Bertz CT molecular complexity index is 582. The smallest absolute Gasteiger partial charge is 0.315 e. The maximum absolute atomic E-state index is 12.4. The van der Waals surface area contributed by atoms with Gasteiger partial charge in [0.15, 0.2) is 0 Å². The number of likely N-dealkylation sites (tertiary alicyclic amines) is 1. The molecule has 25 heavy (non-hydrogen) atoms. The second-order valence-electron chi connectivity index (χ2n) is 7.34. The van der Waals surface area contributed by atoms with Crippen LogP contribution >= 0.6 is 0 Å². The van der Waals surface area contributed by atoms with Crippen LogP contribution in [0, 0.1) is 0 Å². The standard InChI is InChI=1S/C20H29N3O2/c1-15(16-9-5-4-6-10-16)23-14-18(13-19(23)24)22-20(25)21-17-11-7-2-3-8-12-17/h4-6,9-10,15,17-18H,2-3,7-8,11-14H2,1H3,(H2,21,22,25). The fraction of sp³-hybridized carbons (Fsp3) is 0.600. The lowest BCUT2D eigenvalue weighted by Gasteiger charge is -2.25. The summed E-state index contributed by atoms with van der Waals surface area (Å²) in [6.45, 7) is 2.62. The van der Waals surface area contributed by atoms with Gasteiger partial charge in [0.1, 0.15) is 0 Å². The molecule has 2 atom stereocenters. The van der Waals surface area contributed by atoms with Crippen LogP contribution in [-0.2, 0) is 4.79 Å². The van der Waals surface area contributed by atoms with Crippen molar-refractivity contribution in [1.82, 2.24) is 15.5 Å². The third-order valence-corrected chi connectivity index (χ3v) is 5.43. The number of carbonyl (C=O) groups excluding carboxylic acids is 2. The first kappa shape index (κ1) is 17.8. The molecular weight excluding hydrogens is 314 g/mol. The summed E-state index contributed by atoms with van der Waals surface area (Å²) in [5.74, 6) is 0.108. The summed E-state index contributed by atoms with van der Waals surface area (Å²) in [5.41, 5.74) is 1.12. The van der Waals surface area contributed by atoms with Gasteiger partial charge in [-0.1, -0.05) is 56.0 Å². The number of urea groups is 1. The fourth-order valence-electron chi connectivity index (χ4n) is 3.95. The maximum atomic E-state index is 12.4. The molecule has 2 fully saturated rings. The van der Waals surface area contributed by atoms with Gasteiger partial charge in [-0.05, 0) is 25.3 Å². The van der Waals surface area contributed by atoms with Crippen molar-refractivity contribution < 1.29 is 9.59 Å². The first-order chi connectivity index (χ1) is 12.1. The number of hydrogen-bond acceptors (Lipinski definition) is 2. The van der Waals surface area contributed by atoms with Crippen molar-refractivity contribution in [3.63, 3.8) is 0 Å². The molecule has 3 amide bonds. The monoisotopic (exact) mass is 343 g/mol. The Morgan fingerprint density at radius 1 is 1.04 bits per heavy atom. The van der Waals surface area contributed by atoms with Crippen LogP contribution in [0.25, 0.3) is 0 Å². The molecule has 0 radical (unpaired) electrons. The van der Waals surface area contributed by atoms with Gasteiger partial charge in [-0.2, -0.15) is 0 Å². The molecule has 1 aliphatic heterocycles. The molecule has 0 bridgehead atoms. The molecule has 1 aromatic rings. The lowest BCUT2D eigenvalue weighted by atomic mass is 10.1. The van der Waals surface area contributed by atoms with Gasteiger partial charge in [-0.3, -0.25) is 4.79 Å². The minimum Gasteiger partial charge on any atom is -0.335 e. The van der Waals surface area contributed by atoms with Crippen molar-refractivity contribution in [2.75, 3.05) is 6.54 Å². The van der Waals surface area contributed by atoms with Gasteiger partial charge in [-0.15, -0.1) is 0 Å². The van der Waals surface area contributed by atoms with E-state index in [2.05, 4.69) is 10.6 Å². The summed E-state index contributed by atoms with van der Waals surface area (Å²) < 4.78 is 0. The predicted octanol–water partition coefficient (Wildman–Crippen LogP) is 3.37. The molecule has 136 valence electrons. The number of carbonyl (C=O) groups is 2. The van der Waals surface area contributed by atoms with E-state index in [1.165, 1.54) is 25.7 Å². The summed E-state index contributed by atoms with van der Waals surface area (Å²) >= 11 is 0. The van der Waals surface area contributed by atoms with E-state index in [1.807, 2.05) is 42.2 Å². The first-order valence-electron chi connectivity index (χ1n) is 9.55. The average Bonchev–Trinajstić information content (AvgIpc) is 2.81. The van der Waals surface area contributed by atoms with Crippen LogP contribution in [0.5, 0.6) is 0 Å². The number of nitrogens with zero attached hydrogens (tertiary/aromatic N) is 1. The van der Waals surface area contributed by atoms with E-state index in [0.29, 0.717) is 13.0 Å². The Hall–Kier alpha value is -2.04. The number of hydrogen-bond donors (Lipinski definition) is 2. The Kier molecular flexibility index (Phi) is 5.95. The molecule has 2 unspecified atom stereocenters. The van der Waals surface area contributed by atoms with E-state index in [9.17, 15) is 9.59 Å². The molecule has 1 aromatic carbocycles. The normalized spacial score (nSPS) is 23.2. The number of nitrogens with one attached hydrogen (secondary N) is 2. The van der Waals surface area contributed by atoms with E-state index in [1.54, 1.807) is 0 Å². The van der Waals surface area contributed by atoms with Crippen LogP contribution < -0.4 is 10.6 Å². The number of amides is 3. The Balaban J connectivity index is 1.51. The van der Waals surface area contributed by atoms with Crippen LogP contribution in [0.4, 0.5) is 4.79 Å². The lowest BCUT2D eigenvalue weighted by Crippen LogP contribution is -2.47. The van der Waals surface area contributed by atoms with Crippen LogP contribution in [0.15, 0.2) is 30.3 Å². The van der Waals surface area contributed by atoms with Crippen molar-refractivity contribution in [1.29, 1.82) is 0 Å². The Morgan fingerprint density at radius 2 is 1.68 bits per heavy atom. The zero-order valence-corrected chi connectivity index (χ0v) is 15.0. The van der Waals surface area contributed by atoms with Gasteiger partial charge in [0.05, 0.1) is 12.1 Å². The summed E-state index contributed by atoms with van der Waals surface area (Å²) in [7, 11) is 0. The van der Waals surface area contributed by atoms with E-state index in [0.717, 1.165) is 18.4 Å². The molecule has 2 N–H and O–H groups in total. The second-order valence-corrected chi connectivity index (χ2v) is 7.34. The van der Waals surface area contributed by atoms with Crippen LogP contribution in [-0.4, -0.2) is 35.5 Å². The quantitative estimate of drug-likeness (QED) is 0.824. The fourth-order valence-corrected chi connectivity index (χ4v) is 3.95. The van der Waals surface area contributed by atoms with Gasteiger partial charge in [-0.25, -0.2) is 4.79 Å². The highest BCUT2D eigenvalue weighted by Crippen LogP contribution is 2.25. The van der Waals surface area contributed by atoms with Crippen molar-refractivity contribution in [2.24, 2.45) is 0 Å². The van der Waals surface area contributed by atoms with E-state index < -0.39 is 0 Å². The summed E-state index contributed by atoms with van der Waals surface area (Å²) in [6.07, 6.45) is 7.43. The molecule has 3 rings (SSSR count). The Morgan fingerprint density at radius 3 is 2.36 bits per heavy atom. The summed E-state index contributed by atoms with van der Waals surface area (Å²) in [5, 5.41) is 6.10. The highest BCUT2D eigenvalue weighted by molar-refractivity contribution is 5.82. The largest absolute Gasteiger partial charge is 0.335 e. The second kappa shape index (κ2) is 8.37. The average molecular weight is 343 g/mol. The molecular formula is C20H29N3O2. The van der Waals surface area contributed by atoms with Gasteiger partial charge in [0, 0.05) is 19.0 Å². The van der Waals surface area contributed by atoms with Crippen molar-refractivity contribution >= 4 is 11.9 Å². The van der Waals surface area contributed by atoms with Crippen LogP contribution in [0.3, 0.4) is 0 Å². The third kappa shape index (κ3) is 4.74. The molecule has 5 heteroatoms. The number of benzene rings is 1. The molecule has 1 saturated carbocycles. The molecule has 1 saturated heterocycles. The molecule has 1 heterocycles. The topological polar surface area (TPSA) is 61.4 Å². The molecule has 0 aromatic heterocycles. The van der Waals surface area contributed by atoms with Crippen molar-refractivity contribution in [3.8, 4) is 0 Å². The Labute approximate surface area is 150 Å². The molecule has 0 spiro atoms. The zero-order valence-electron chi connectivity index (χ0n) is 15.0. The summed E-state index contributed by atoms with van der Waals surface area (Å²) in [6, 6.07) is 10.1. The van der Waals surface area contributed by atoms with Crippen molar-refractivity contribution in [3.05, 3.63) is 35.9 Å². The predicted molar refractivity (Wildman–Crippen MR) is 98.1 cm³/mol. The first-order valence-corrected chi connectivity index (χ1v) is 9.55. The van der Waals surface area contributed by atoms with Crippen LogP contribution in [0.2, 0.25) is 0 Å². The highest BCUT2D eigenvalue weighted by atomic mass is 16.2. The van der Waals surface area contributed by atoms with Crippen LogP contribution in [0.1, 0.15) is 63.5 Å². The van der Waals surface area contributed by atoms with E-state index >= 15 is 0 Å². The van der Waals surface area contributed by atoms with Gasteiger partial charge in [0.25, 0.3) is 0 Å². The van der Waals surface area contributed by atoms with Gasteiger partial charge >= 0.3 is 6.03 Å². The number of rotatable bonds is 4. The van der Waals surface area contributed by atoms with Gasteiger partial charge < -0.3 is 15.5 Å². The maximum Gasteiger partial charge on any atom is 0.315 e. The van der Waals surface area contributed by atoms with Crippen molar-refractivity contribution in [2.45, 2.75) is 70.0 Å². The zero-order chi connectivity index (χ0) is 17.6. The van der Waals surface area contributed by atoms with E-state index in [-0.39, 0.29) is 30.1 Å². The minimum atomic E-state index is -0.126. The molecule has 1 aliphatic carbocycles. The SMILES string of the molecule is CC(c1ccccc1)N1CC(NC(=O)NC2CCCCCC2)CC1=O. The van der Waals surface area contributed by atoms with Gasteiger partial charge in [0.2, 0.25) is 5.91 Å². The molecule has 2 aliphatic rings. The third-order valence-electron chi connectivity index (χ3n) is 5.43.